The van der Waals surface area contributed by atoms with Crippen LogP contribution in [0.3, 0.4) is 0 Å². The number of imide groups is 1. The zero-order valence-corrected chi connectivity index (χ0v) is 19.1. The Hall–Kier alpha value is -4.54. The highest BCUT2D eigenvalue weighted by Gasteiger charge is 2.49. The number of carbonyl (C=O) groups excluding carboxylic acids is 4. The second-order valence-corrected chi connectivity index (χ2v) is 8.21. The minimum Gasteiger partial charge on any atom is -0.359 e. The second kappa shape index (κ2) is 9.01. The number of ketones is 1. The molecule has 1 atom stereocenters. The third-order valence-corrected chi connectivity index (χ3v) is 5.73. The van der Waals surface area contributed by atoms with Gasteiger partial charge in [0.1, 0.15) is 22.7 Å². The molecule has 0 aliphatic carbocycles. The van der Waals surface area contributed by atoms with Crippen molar-refractivity contribution in [2.24, 2.45) is 0 Å². The second-order valence-electron chi connectivity index (χ2n) is 8.21. The largest absolute Gasteiger partial charge is 0.359 e. The molecule has 0 saturated carbocycles. The molecular weight excluding hydrogens is 457 g/mol. The van der Waals surface area contributed by atoms with Crippen molar-refractivity contribution >= 4 is 35.1 Å². The Kier molecular flexibility index (Phi) is 6.08. The molecule has 4 rings (SSSR count). The fraction of sp³-hybridized carbons (Fsp3) is 0.208. The van der Waals surface area contributed by atoms with E-state index in [2.05, 4.69) is 21.1 Å². The SMILES string of the molecule is Cc1noc(C)c1NC(=O)Nc1ccc(C(=O)CN2C(=O)NC(C)(c3ccccc3)C2=O)c(F)c1. The molecule has 1 fully saturated rings. The van der Waals surface area contributed by atoms with Crippen molar-refractivity contribution in [1.82, 2.24) is 15.4 Å². The Morgan fingerprint density at radius 3 is 2.46 bits per heavy atom. The van der Waals surface area contributed by atoms with Crippen LogP contribution in [0.1, 0.15) is 34.3 Å². The first-order chi connectivity index (χ1) is 16.6. The molecule has 0 bridgehead atoms. The molecule has 3 aromatic rings. The van der Waals surface area contributed by atoms with E-state index in [0.717, 1.165) is 11.0 Å². The highest BCUT2D eigenvalue weighted by atomic mass is 19.1. The molecule has 0 radical (unpaired) electrons. The number of aryl methyl sites for hydroxylation is 2. The summed E-state index contributed by atoms with van der Waals surface area (Å²) in [4.78, 5) is 51.2. The molecule has 1 saturated heterocycles. The number of aromatic nitrogens is 1. The number of rotatable bonds is 6. The Morgan fingerprint density at radius 2 is 1.83 bits per heavy atom. The molecule has 1 aromatic heterocycles. The third-order valence-electron chi connectivity index (χ3n) is 5.73. The van der Waals surface area contributed by atoms with Crippen molar-refractivity contribution in [2.75, 3.05) is 17.2 Å². The predicted molar refractivity (Wildman–Crippen MR) is 123 cm³/mol. The number of carbonyl (C=O) groups is 4. The Labute approximate surface area is 199 Å². The van der Waals surface area contributed by atoms with Crippen LogP contribution in [0, 0.1) is 19.7 Å². The quantitative estimate of drug-likeness (QED) is 0.364. The number of benzene rings is 2. The van der Waals surface area contributed by atoms with Gasteiger partial charge in [-0.1, -0.05) is 35.5 Å². The molecule has 3 N–H and O–H groups in total. The van der Waals surface area contributed by atoms with E-state index in [-0.39, 0.29) is 11.3 Å². The molecule has 1 aliphatic heterocycles. The summed E-state index contributed by atoms with van der Waals surface area (Å²) in [5, 5.41) is 11.3. The fourth-order valence-electron chi connectivity index (χ4n) is 3.79. The number of amides is 5. The number of Topliss-reactive ketones (excluding diaryl/α,β-unsaturated/α-hetero) is 1. The highest BCUT2D eigenvalue weighted by Crippen LogP contribution is 2.29. The van der Waals surface area contributed by atoms with Gasteiger partial charge in [-0.2, -0.15) is 0 Å². The minimum atomic E-state index is -1.33. The lowest BCUT2D eigenvalue weighted by Gasteiger charge is -2.22. The first kappa shape index (κ1) is 23.6. The van der Waals surface area contributed by atoms with Crippen LogP contribution < -0.4 is 16.0 Å². The minimum absolute atomic E-state index is 0.0926. The van der Waals surface area contributed by atoms with Crippen LogP contribution in [0.25, 0.3) is 0 Å². The molecule has 2 aromatic carbocycles. The molecule has 10 nitrogen and oxygen atoms in total. The van der Waals surface area contributed by atoms with Crippen molar-refractivity contribution in [1.29, 1.82) is 0 Å². The zero-order chi connectivity index (χ0) is 25.3. The maximum Gasteiger partial charge on any atom is 0.325 e. The van der Waals surface area contributed by atoms with Gasteiger partial charge in [0.05, 0.1) is 12.1 Å². The third kappa shape index (κ3) is 4.47. The van der Waals surface area contributed by atoms with Gasteiger partial charge < -0.3 is 20.5 Å². The summed E-state index contributed by atoms with van der Waals surface area (Å²) in [6.45, 7) is 4.19. The van der Waals surface area contributed by atoms with Crippen LogP contribution in [-0.2, 0) is 10.3 Å². The van der Waals surface area contributed by atoms with E-state index in [4.69, 9.17) is 4.52 Å². The molecule has 1 aliphatic rings. The summed E-state index contributed by atoms with van der Waals surface area (Å²) >= 11 is 0. The standard InChI is InChI=1S/C24H22FN5O5/c1-13-20(14(2)35-29-13)27-22(33)26-16-9-10-17(18(25)11-16)19(31)12-30-21(32)24(3,28-23(30)34)15-7-5-4-6-8-15/h4-11H,12H2,1-3H3,(H,28,34)(H2,26,27,33). The van der Waals surface area contributed by atoms with Crippen LogP contribution in [0.4, 0.5) is 25.4 Å². The van der Waals surface area contributed by atoms with Gasteiger partial charge in [0.15, 0.2) is 11.5 Å². The average molecular weight is 479 g/mol. The Morgan fingerprint density at radius 1 is 1.11 bits per heavy atom. The van der Waals surface area contributed by atoms with E-state index in [0.29, 0.717) is 22.7 Å². The van der Waals surface area contributed by atoms with Crippen molar-refractivity contribution in [3.63, 3.8) is 0 Å². The molecule has 180 valence electrons. The van der Waals surface area contributed by atoms with E-state index in [1.807, 2.05) is 0 Å². The van der Waals surface area contributed by atoms with Crippen molar-refractivity contribution in [3.05, 3.63) is 76.9 Å². The number of urea groups is 2. The molecule has 35 heavy (non-hydrogen) atoms. The van der Waals surface area contributed by atoms with Gasteiger partial charge in [-0.05, 0) is 44.5 Å². The molecule has 2 heterocycles. The normalized spacial score (nSPS) is 17.3. The van der Waals surface area contributed by atoms with Crippen LogP contribution in [-0.4, -0.2) is 40.4 Å². The average Bonchev–Trinajstić information content (AvgIpc) is 3.25. The summed E-state index contributed by atoms with van der Waals surface area (Å²) in [7, 11) is 0. The van der Waals surface area contributed by atoms with E-state index in [9.17, 15) is 23.6 Å². The lowest BCUT2D eigenvalue weighted by molar-refractivity contribution is -0.130. The van der Waals surface area contributed by atoms with Crippen LogP contribution >= 0.6 is 0 Å². The number of anilines is 2. The van der Waals surface area contributed by atoms with Gasteiger partial charge in [-0.25, -0.2) is 14.0 Å². The number of hydrogen-bond acceptors (Lipinski definition) is 6. The first-order valence-electron chi connectivity index (χ1n) is 10.6. The lowest BCUT2D eigenvalue weighted by Crippen LogP contribution is -2.41. The predicted octanol–water partition coefficient (Wildman–Crippen LogP) is 3.72. The summed E-state index contributed by atoms with van der Waals surface area (Å²) in [6, 6.07) is 10.7. The summed E-state index contributed by atoms with van der Waals surface area (Å²) in [5.74, 6) is -1.89. The maximum atomic E-state index is 14.7. The monoisotopic (exact) mass is 479 g/mol. The van der Waals surface area contributed by atoms with E-state index >= 15 is 0 Å². The molecule has 11 heteroatoms. The van der Waals surface area contributed by atoms with Gasteiger partial charge in [0, 0.05) is 5.69 Å². The Bertz CT molecular complexity index is 1320. The number of hydrogen-bond donors (Lipinski definition) is 3. The van der Waals surface area contributed by atoms with Gasteiger partial charge in [0.2, 0.25) is 0 Å². The van der Waals surface area contributed by atoms with Gasteiger partial charge in [-0.3, -0.25) is 14.5 Å². The topological polar surface area (TPSA) is 134 Å². The lowest BCUT2D eigenvalue weighted by atomic mass is 9.92. The van der Waals surface area contributed by atoms with Crippen LogP contribution in [0.5, 0.6) is 0 Å². The van der Waals surface area contributed by atoms with Gasteiger partial charge in [0.25, 0.3) is 5.91 Å². The molecule has 1 unspecified atom stereocenters. The van der Waals surface area contributed by atoms with Crippen LogP contribution in [0.2, 0.25) is 0 Å². The van der Waals surface area contributed by atoms with Crippen molar-refractivity contribution in [3.8, 4) is 0 Å². The number of nitrogens with zero attached hydrogens (tertiary/aromatic N) is 2. The van der Waals surface area contributed by atoms with Gasteiger partial charge in [-0.15, -0.1) is 0 Å². The van der Waals surface area contributed by atoms with Crippen LogP contribution in [0.15, 0.2) is 53.1 Å². The van der Waals surface area contributed by atoms with Crippen molar-refractivity contribution in [2.45, 2.75) is 26.3 Å². The summed E-state index contributed by atoms with van der Waals surface area (Å²) in [5.41, 5.74) is -0.130. The fourth-order valence-corrected chi connectivity index (χ4v) is 3.79. The smallest absolute Gasteiger partial charge is 0.325 e. The first-order valence-corrected chi connectivity index (χ1v) is 10.6. The van der Waals surface area contributed by atoms with Crippen molar-refractivity contribution < 1.29 is 28.1 Å². The number of nitrogens with one attached hydrogen (secondary N) is 3. The molecule has 0 spiro atoms. The summed E-state index contributed by atoms with van der Waals surface area (Å²) in [6.07, 6.45) is 0. The zero-order valence-electron chi connectivity index (χ0n) is 19.1. The Balaban J connectivity index is 1.44. The molecular formula is C24H22FN5O5. The molecule has 5 amide bonds. The van der Waals surface area contributed by atoms with Gasteiger partial charge >= 0.3 is 12.1 Å². The van der Waals surface area contributed by atoms with E-state index in [1.54, 1.807) is 51.1 Å². The highest BCUT2D eigenvalue weighted by molar-refractivity contribution is 6.11. The van der Waals surface area contributed by atoms with E-state index < -0.39 is 41.7 Å². The number of halogens is 1. The summed E-state index contributed by atoms with van der Waals surface area (Å²) < 4.78 is 19.7. The maximum absolute atomic E-state index is 14.7. The van der Waals surface area contributed by atoms with E-state index in [1.165, 1.54) is 12.1 Å².